The van der Waals surface area contributed by atoms with Crippen LogP contribution in [0.2, 0.25) is 0 Å². The maximum absolute atomic E-state index is 4.25. The van der Waals surface area contributed by atoms with Crippen LogP contribution in [0.1, 0.15) is 41.9 Å². The van der Waals surface area contributed by atoms with Crippen molar-refractivity contribution in [2.45, 2.75) is 39.7 Å². The number of pyridine rings is 1. The summed E-state index contributed by atoms with van der Waals surface area (Å²) in [6.45, 7) is 7.18. The third-order valence-corrected chi connectivity index (χ3v) is 3.35. The van der Waals surface area contributed by atoms with Crippen LogP contribution in [0.25, 0.3) is 0 Å². The molecule has 2 aromatic heterocycles. The predicted octanol–water partition coefficient (Wildman–Crippen LogP) is 2.77. The van der Waals surface area contributed by atoms with Gasteiger partial charge in [-0.15, -0.1) is 0 Å². The van der Waals surface area contributed by atoms with E-state index in [4.69, 9.17) is 0 Å². The molecule has 1 N–H and O–H groups in total. The second-order valence-electron chi connectivity index (χ2n) is 5.09. The van der Waals surface area contributed by atoms with Crippen molar-refractivity contribution in [3.05, 3.63) is 53.1 Å². The lowest BCUT2D eigenvalue weighted by Gasteiger charge is -2.20. The summed E-state index contributed by atoms with van der Waals surface area (Å²) in [6.07, 6.45) is 5.74. The average Bonchev–Trinajstić information content (AvgIpc) is 2.47. The lowest BCUT2D eigenvalue weighted by molar-refractivity contribution is 0.523. The van der Waals surface area contributed by atoms with Crippen molar-refractivity contribution >= 4 is 0 Å². The minimum Gasteiger partial charge on any atom is -0.310 e. The van der Waals surface area contributed by atoms with Gasteiger partial charge in [-0.1, -0.05) is 6.92 Å². The Morgan fingerprint density at radius 1 is 1.15 bits per heavy atom. The maximum atomic E-state index is 4.25. The van der Waals surface area contributed by atoms with E-state index in [0.717, 1.165) is 30.8 Å². The summed E-state index contributed by atoms with van der Waals surface area (Å²) in [5.41, 5.74) is 4.48. The summed E-state index contributed by atoms with van der Waals surface area (Å²) in [5, 5.41) is 12.0. The van der Waals surface area contributed by atoms with Crippen LogP contribution in [-0.4, -0.2) is 21.7 Å². The molecule has 4 heteroatoms. The molecule has 2 aromatic rings. The van der Waals surface area contributed by atoms with E-state index in [1.54, 1.807) is 0 Å². The topological polar surface area (TPSA) is 50.7 Å². The lowest BCUT2D eigenvalue weighted by atomic mass is 9.98. The number of aromatic nitrogens is 3. The van der Waals surface area contributed by atoms with Gasteiger partial charge in [0.15, 0.2) is 0 Å². The van der Waals surface area contributed by atoms with Crippen molar-refractivity contribution < 1.29 is 0 Å². The van der Waals surface area contributed by atoms with Gasteiger partial charge in [-0.2, -0.15) is 10.2 Å². The zero-order chi connectivity index (χ0) is 14.4. The van der Waals surface area contributed by atoms with Gasteiger partial charge in [0.05, 0.1) is 11.4 Å². The molecule has 0 bridgehead atoms. The third-order valence-electron chi connectivity index (χ3n) is 3.35. The summed E-state index contributed by atoms with van der Waals surface area (Å²) in [5.74, 6) is 0. The summed E-state index contributed by atoms with van der Waals surface area (Å²) in [6, 6.07) is 6.54. The number of rotatable bonds is 6. The van der Waals surface area contributed by atoms with Gasteiger partial charge in [-0.25, -0.2) is 0 Å². The Hall–Kier alpha value is -1.81. The number of nitrogens with zero attached hydrogens (tertiary/aromatic N) is 3. The van der Waals surface area contributed by atoms with Crippen molar-refractivity contribution in [1.29, 1.82) is 0 Å². The summed E-state index contributed by atoms with van der Waals surface area (Å²) >= 11 is 0. The highest BCUT2D eigenvalue weighted by molar-refractivity contribution is 5.26. The first-order valence-corrected chi connectivity index (χ1v) is 7.13. The van der Waals surface area contributed by atoms with Gasteiger partial charge in [-0.3, -0.25) is 4.98 Å². The van der Waals surface area contributed by atoms with E-state index in [9.17, 15) is 0 Å². The molecule has 0 aliphatic heterocycles. The molecular weight excluding hydrogens is 248 g/mol. The van der Waals surface area contributed by atoms with Crippen LogP contribution in [0.5, 0.6) is 0 Å². The summed E-state index contributed by atoms with van der Waals surface area (Å²) < 4.78 is 0. The van der Waals surface area contributed by atoms with E-state index in [-0.39, 0.29) is 6.04 Å². The zero-order valence-corrected chi connectivity index (χ0v) is 12.4. The van der Waals surface area contributed by atoms with Crippen LogP contribution in [0.3, 0.4) is 0 Å². The Morgan fingerprint density at radius 3 is 2.60 bits per heavy atom. The normalized spacial score (nSPS) is 12.3. The highest BCUT2D eigenvalue weighted by Gasteiger charge is 2.15. The first-order valence-electron chi connectivity index (χ1n) is 7.13. The minimum atomic E-state index is 0.270. The first-order chi connectivity index (χ1) is 9.70. The predicted molar refractivity (Wildman–Crippen MR) is 80.5 cm³/mol. The van der Waals surface area contributed by atoms with Gasteiger partial charge in [0.1, 0.15) is 0 Å². The van der Waals surface area contributed by atoms with Crippen LogP contribution >= 0.6 is 0 Å². The lowest BCUT2D eigenvalue weighted by Crippen LogP contribution is -2.25. The van der Waals surface area contributed by atoms with Crippen LogP contribution < -0.4 is 5.32 Å². The molecule has 106 valence electrons. The van der Waals surface area contributed by atoms with E-state index in [0.29, 0.717) is 0 Å². The molecule has 0 saturated carbocycles. The molecule has 0 fully saturated rings. The van der Waals surface area contributed by atoms with Gasteiger partial charge in [0, 0.05) is 18.4 Å². The van der Waals surface area contributed by atoms with Crippen LogP contribution in [0.15, 0.2) is 30.6 Å². The van der Waals surface area contributed by atoms with Crippen molar-refractivity contribution in [2.75, 3.05) is 6.54 Å². The van der Waals surface area contributed by atoms with Gasteiger partial charge in [0.25, 0.3) is 0 Å². The molecule has 0 aromatic carbocycles. The monoisotopic (exact) mass is 270 g/mol. The number of nitrogens with one attached hydrogen (secondary N) is 1. The fourth-order valence-electron chi connectivity index (χ4n) is 2.29. The van der Waals surface area contributed by atoms with E-state index in [1.165, 1.54) is 11.1 Å². The molecule has 0 spiro atoms. The quantitative estimate of drug-likeness (QED) is 0.877. The number of aryl methyl sites for hydroxylation is 2. The molecule has 0 saturated heterocycles. The van der Waals surface area contributed by atoms with Crippen LogP contribution in [0.4, 0.5) is 0 Å². The Bertz CT molecular complexity index is 539. The Labute approximate surface area is 120 Å². The standard InChI is InChI=1S/C16H22N4/c1-4-7-18-16(11-14-5-8-17-9-6-14)15-10-12(2)19-20-13(15)3/h5-6,8-10,16,18H,4,7,11H2,1-3H3. The molecule has 4 nitrogen and oxygen atoms in total. The largest absolute Gasteiger partial charge is 0.310 e. The van der Waals surface area contributed by atoms with Crippen LogP contribution in [0, 0.1) is 13.8 Å². The molecule has 1 atom stereocenters. The SMILES string of the molecule is CCCNC(Cc1ccncc1)c1cc(C)nnc1C. The van der Waals surface area contributed by atoms with Crippen LogP contribution in [-0.2, 0) is 6.42 Å². The fourth-order valence-corrected chi connectivity index (χ4v) is 2.29. The maximum Gasteiger partial charge on any atom is 0.0648 e. The van der Waals surface area contributed by atoms with Gasteiger partial charge in [0.2, 0.25) is 0 Å². The minimum absolute atomic E-state index is 0.270. The number of hydrogen-bond acceptors (Lipinski definition) is 4. The molecule has 1 unspecified atom stereocenters. The van der Waals surface area contributed by atoms with Gasteiger partial charge >= 0.3 is 0 Å². The molecular formula is C16H22N4. The second kappa shape index (κ2) is 7.10. The smallest absolute Gasteiger partial charge is 0.0648 e. The van der Waals surface area contributed by atoms with Gasteiger partial charge in [-0.05, 0) is 62.6 Å². The van der Waals surface area contributed by atoms with Crippen molar-refractivity contribution in [3.63, 3.8) is 0 Å². The van der Waals surface area contributed by atoms with E-state index >= 15 is 0 Å². The van der Waals surface area contributed by atoms with Crippen molar-refractivity contribution in [2.24, 2.45) is 0 Å². The molecule has 0 radical (unpaired) electrons. The second-order valence-corrected chi connectivity index (χ2v) is 5.09. The average molecular weight is 270 g/mol. The fraction of sp³-hybridized carbons (Fsp3) is 0.438. The Kier molecular flexibility index (Phi) is 5.18. The Morgan fingerprint density at radius 2 is 1.90 bits per heavy atom. The molecule has 0 amide bonds. The van der Waals surface area contributed by atoms with Crippen molar-refractivity contribution in [3.8, 4) is 0 Å². The van der Waals surface area contributed by atoms with E-state index in [1.807, 2.05) is 26.2 Å². The highest BCUT2D eigenvalue weighted by atomic mass is 15.1. The zero-order valence-electron chi connectivity index (χ0n) is 12.4. The molecule has 20 heavy (non-hydrogen) atoms. The molecule has 0 aliphatic rings. The Balaban J connectivity index is 2.24. The number of hydrogen-bond donors (Lipinski definition) is 1. The van der Waals surface area contributed by atoms with Gasteiger partial charge < -0.3 is 5.32 Å². The summed E-state index contributed by atoms with van der Waals surface area (Å²) in [4.78, 5) is 4.08. The molecule has 2 rings (SSSR count). The molecule has 0 aliphatic carbocycles. The first kappa shape index (κ1) is 14.6. The highest BCUT2D eigenvalue weighted by Crippen LogP contribution is 2.21. The van der Waals surface area contributed by atoms with E-state index < -0.39 is 0 Å². The van der Waals surface area contributed by atoms with Crippen molar-refractivity contribution in [1.82, 2.24) is 20.5 Å². The summed E-state index contributed by atoms with van der Waals surface area (Å²) in [7, 11) is 0. The third kappa shape index (κ3) is 3.84. The van der Waals surface area contributed by atoms with E-state index in [2.05, 4.69) is 45.6 Å². The molecule has 2 heterocycles.